The van der Waals surface area contributed by atoms with E-state index in [2.05, 4.69) is 13.0 Å². The quantitative estimate of drug-likeness (QED) is 0.626. The lowest BCUT2D eigenvalue weighted by molar-refractivity contribution is 0.628. The highest BCUT2D eigenvalue weighted by atomic mass is 35.5. The number of rotatable bonds is 0. The minimum absolute atomic E-state index is 0.209. The van der Waals surface area contributed by atoms with Crippen molar-refractivity contribution in [1.82, 2.24) is 0 Å². The second-order valence-corrected chi connectivity index (χ2v) is 3.22. The van der Waals surface area contributed by atoms with Gasteiger partial charge in [0, 0.05) is 5.02 Å². The fraction of sp³-hybridized carbons (Fsp3) is 0. The molecular formula is C13H10ClF. The molecule has 0 bridgehead atoms. The summed E-state index contributed by atoms with van der Waals surface area (Å²) in [6.07, 6.45) is 0. The van der Waals surface area contributed by atoms with E-state index in [1.54, 1.807) is 0 Å². The molecule has 2 rings (SSSR count). The molecule has 0 spiro atoms. The van der Waals surface area contributed by atoms with Crippen LogP contribution in [0.5, 0.6) is 0 Å². The molecule has 2 heteroatoms. The Morgan fingerprint density at radius 2 is 1.67 bits per heavy atom. The zero-order chi connectivity index (χ0) is 11.1. The van der Waals surface area contributed by atoms with Crippen molar-refractivity contribution in [3.63, 3.8) is 0 Å². The van der Waals surface area contributed by atoms with Crippen molar-refractivity contribution < 1.29 is 4.39 Å². The molecule has 0 fully saturated rings. The molecule has 2 radical (unpaired) electrons. The van der Waals surface area contributed by atoms with E-state index in [-0.39, 0.29) is 5.82 Å². The van der Waals surface area contributed by atoms with Crippen LogP contribution in [0.1, 0.15) is 5.56 Å². The number of halogens is 2. The third-order valence-electron chi connectivity index (χ3n) is 1.64. The Bertz CT molecular complexity index is 377. The van der Waals surface area contributed by atoms with E-state index >= 15 is 0 Å². The van der Waals surface area contributed by atoms with Crippen molar-refractivity contribution in [2.75, 3.05) is 0 Å². The lowest BCUT2D eigenvalue weighted by atomic mass is 10.2. The van der Waals surface area contributed by atoms with Crippen molar-refractivity contribution in [2.45, 2.75) is 0 Å². The summed E-state index contributed by atoms with van der Waals surface area (Å²) in [6.45, 7) is 3.69. The maximum Gasteiger partial charge on any atom is 0.123 e. The van der Waals surface area contributed by atoms with Gasteiger partial charge in [0.05, 0.1) is 0 Å². The van der Waals surface area contributed by atoms with Crippen LogP contribution in [0.25, 0.3) is 0 Å². The topological polar surface area (TPSA) is 0 Å². The lowest BCUT2D eigenvalue weighted by Crippen LogP contribution is -1.68. The van der Waals surface area contributed by atoms with E-state index in [1.165, 1.54) is 24.3 Å². The first kappa shape index (κ1) is 11.7. The summed E-state index contributed by atoms with van der Waals surface area (Å²) >= 11 is 5.65. The smallest absolute Gasteiger partial charge is 0.123 e. The molecule has 0 heterocycles. The average Bonchev–Trinajstić information content (AvgIpc) is 2.25. The van der Waals surface area contributed by atoms with Crippen LogP contribution in [0.15, 0.2) is 48.5 Å². The van der Waals surface area contributed by atoms with Crippen LogP contribution in [0.3, 0.4) is 0 Å². The molecule has 0 nitrogen and oxygen atoms in total. The normalized spacial score (nSPS) is 9.00. The molecule has 76 valence electrons. The molecular weight excluding hydrogens is 211 g/mol. The van der Waals surface area contributed by atoms with Crippen LogP contribution >= 0.6 is 11.6 Å². The Morgan fingerprint density at radius 3 is 2.00 bits per heavy atom. The van der Waals surface area contributed by atoms with Crippen LogP contribution in [-0.2, 0) is 0 Å². The minimum atomic E-state index is -0.209. The standard InChI is InChI=1S/C7H6Cl.C6H4F/c1-6-4-2-3-5-7(6)8;7-6-4-2-1-3-5-6/h2-5H,1H2;2-5H. The molecule has 0 aromatic heterocycles. The molecule has 0 amide bonds. The molecule has 0 aliphatic heterocycles. The molecule has 0 aliphatic carbocycles. The zero-order valence-corrected chi connectivity index (χ0v) is 8.84. The Balaban J connectivity index is 0.000000151. The Kier molecular flexibility index (Phi) is 4.85. The first-order valence-electron chi connectivity index (χ1n) is 4.38. The van der Waals surface area contributed by atoms with Crippen LogP contribution in [-0.4, -0.2) is 0 Å². The van der Waals surface area contributed by atoms with Crippen LogP contribution in [0.4, 0.5) is 4.39 Å². The van der Waals surface area contributed by atoms with Gasteiger partial charge in [-0.3, -0.25) is 0 Å². The Morgan fingerprint density at radius 1 is 1.07 bits per heavy atom. The van der Waals surface area contributed by atoms with Crippen molar-refractivity contribution >= 4 is 11.6 Å². The molecule has 2 aromatic rings. The fourth-order valence-corrected chi connectivity index (χ4v) is 1.00. The van der Waals surface area contributed by atoms with Crippen molar-refractivity contribution in [2.24, 2.45) is 0 Å². The zero-order valence-electron chi connectivity index (χ0n) is 8.08. The first-order valence-corrected chi connectivity index (χ1v) is 4.76. The predicted octanol–water partition coefficient (Wildman–Crippen LogP) is 4.15. The van der Waals surface area contributed by atoms with Crippen molar-refractivity contribution in [3.8, 4) is 0 Å². The number of hydrogen-bond donors (Lipinski definition) is 0. The summed E-state index contributed by atoms with van der Waals surface area (Å²) in [5.41, 5.74) is 0.883. The van der Waals surface area contributed by atoms with Crippen molar-refractivity contribution in [3.05, 3.63) is 77.9 Å². The van der Waals surface area contributed by atoms with Gasteiger partial charge in [0.2, 0.25) is 0 Å². The van der Waals surface area contributed by atoms with Gasteiger partial charge < -0.3 is 0 Å². The highest BCUT2D eigenvalue weighted by Gasteiger charge is 1.86. The van der Waals surface area contributed by atoms with E-state index < -0.39 is 0 Å². The third kappa shape index (κ3) is 4.61. The summed E-state index contributed by atoms with van der Waals surface area (Å²) in [5.74, 6) is -0.209. The summed E-state index contributed by atoms with van der Waals surface area (Å²) in [7, 11) is 0. The fourth-order valence-electron chi connectivity index (χ4n) is 0.865. The van der Waals surface area contributed by atoms with Gasteiger partial charge >= 0.3 is 0 Å². The second kappa shape index (κ2) is 6.20. The Hall–Kier alpha value is -1.34. The third-order valence-corrected chi connectivity index (χ3v) is 2.00. The molecule has 2 aromatic carbocycles. The molecule has 0 atom stereocenters. The summed E-state index contributed by atoms with van der Waals surface area (Å²) in [5, 5.41) is 0.729. The van der Waals surface area contributed by atoms with Crippen molar-refractivity contribution in [1.29, 1.82) is 0 Å². The van der Waals surface area contributed by atoms with Gasteiger partial charge in [0.15, 0.2) is 0 Å². The monoisotopic (exact) mass is 220 g/mol. The molecule has 0 N–H and O–H groups in total. The van der Waals surface area contributed by atoms with E-state index in [0.29, 0.717) is 0 Å². The predicted molar refractivity (Wildman–Crippen MR) is 61.1 cm³/mol. The summed E-state index contributed by atoms with van der Waals surface area (Å²) in [4.78, 5) is 0. The molecule has 0 saturated carbocycles. The van der Waals surface area contributed by atoms with E-state index in [4.69, 9.17) is 11.6 Å². The van der Waals surface area contributed by atoms with Gasteiger partial charge in [0.1, 0.15) is 5.82 Å². The highest BCUT2D eigenvalue weighted by molar-refractivity contribution is 6.31. The van der Waals surface area contributed by atoms with Gasteiger partial charge in [-0.25, -0.2) is 4.39 Å². The Labute approximate surface area is 94.3 Å². The number of benzene rings is 2. The molecule has 15 heavy (non-hydrogen) atoms. The van der Waals surface area contributed by atoms with Gasteiger partial charge in [-0.2, -0.15) is 0 Å². The van der Waals surface area contributed by atoms with E-state index in [9.17, 15) is 4.39 Å². The van der Waals surface area contributed by atoms with Crippen LogP contribution in [0.2, 0.25) is 5.02 Å². The average molecular weight is 221 g/mol. The SMILES string of the molecule is Fc1cc[c]cc1.[CH2]c1ccccc1Cl. The van der Waals surface area contributed by atoms with Crippen LogP contribution in [0, 0.1) is 18.8 Å². The maximum absolute atomic E-state index is 11.9. The van der Waals surface area contributed by atoms with Gasteiger partial charge in [-0.15, -0.1) is 0 Å². The van der Waals surface area contributed by atoms with E-state index in [0.717, 1.165) is 10.6 Å². The first-order chi connectivity index (χ1) is 7.20. The second-order valence-electron chi connectivity index (χ2n) is 2.81. The van der Waals surface area contributed by atoms with Gasteiger partial charge in [-0.05, 0) is 36.8 Å². The maximum atomic E-state index is 11.9. The molecule has 0 aliphatic rings. The lowest BCUT2D eigenvalue weighted by Gasteiger charge is -1.90. The largest absolute Gasteiger partial charge is 0.207 e. The minimum Gasteiger partial charge on any atom is -0.207 e. The summed E-state index contributed by atoms with van der Waals surface area (Å²) < 4.78 is 11.9. The molecule has 0 unspecified atom stereocenters. The van der Waals surface area contributed by atoms with Crippen LogP contribution < -0.4 is 0 Å². The highest BCUT2D eigenvalue weighted by Crippen LogP contribution is 2.11. The van der Waals surface area contributed by atoms with Gasteiger partial charge in [-0.1, -0.05) is 41.9 Å². The van der Waals surface area contributed by atoms with E-state index in [1.807, 2.05) is 24.3 Å². The number of hydrogen-bond acceptors (Lipinski definition) is 0. The summed E-state index contributed by atoms with van der Waals surface area (Å²) in [6, 6.07) is 16.0. The van der Waals surface area contributed by atoms with Gasteiger partial charge in [0.25, 0.3) is 0 Å². The molecule has 0 saturated heterocycles.